The van der Waals surface area contributed by atoms with Gasteiger partial charge in [0, 0.05) is 22.2 Å². The van der Waals surface area contributed by atoms with Gasteiger partial charge in [-0.1, -0.05) is 6.92 Å². The summed E-state index contributed by atoms with van der Waals surface area (Å²) >= 11 is 12.5. The number of hydrogen-bond acceptors (Lipinski definition) is 3. The average molecular weight is 312 g/mol. The van der Waals surface area contributed by atoms with Crippen LogP contribution in [0.5, 0.6) is 0 Å². The van der Waals surface area contributed by atoms with Crippen LogP contribution >= 0.6 is 23.2 Å². The molecular weight excluding hydrogens is 297 g/mol. The number of H-pyrrole nitrogens is 1. The molecule has 4 atom stereocenters. The van der Waals surface area contributed by atoms with Gasteiger partial charge in [0.15, 0.2) is 5.78 Å². The van der Waals surface area contributed by atoms with Crippen molar-refractivity contribution in [2.24, 2.45) is 11.8 Å². The van der Waals surface area contributed by atoms with Gasteiger partial charge in [-0.15, -0.1) is 23.2 Å². The highest BCUT2D eigenvalue weighted by molar-refractivity contribution is 6.25. The molecule has 6 heteroatoms. The van der Waals surface area contributed by atoms with Crippen LogP contribution in [0, 0.1) is 11.8 Å². The second-order valence-electron chi connectivity index (χ2n) is 5.48. The maximum atomic E-state index is 12.7. The molecule has 0 spiro atoms. The van der Waals surface area contributed by atoms with Crippen molar-refractivity contribution in [2.75, 3.05) is 0 Å². The third-order valence-corrected chi connectivity index (χ3v) is 4.82. The molecule has 1 heterocycles. The molecule has 1 N–H and O–H groups in total. The number of benzene rings is 1. The van der Waals surface area contributed by atoms with Crippen molar-refractivity contribution < 1.29 is 4.79 Å². The molecule has 20 heavy (non-hydrogen) atoms. The minimum atomic E-state index is -0.207. The summed E-state index contributed by atoms with van der Waals surface area (Å²) in [5.41, 5.74) is 2.09. The van der Waals surface area contributed by atoms with Crippen LogP contribution in [-0.2, 0) is 0 Å². The fraction of sp³-hybridized carbons (Fsp3) is 0.500. The molecular formula is C14H15Cl2N3O. The van der Waals surface area contributed by atoms with E-state index in [4.69, 9.17) is 23.2 Å². The Morgan fingerprint density at radius 1 is 1.25 bits per heavy atom. The first-order valence-corrected chi connectivity index (χ1v) is 7.56. The Labute approximate surface area is 126 Å². The first kappa shape index (κ1) is 13.8. The number of nitrogens with zero attached hydrogens (tertiary/aromatic N) is 2. The van der Waals surface area contributed by atoms with Crippen molar-refractivity contribution in [1.29, 1.82) is 0 Å². The average Bonchev–Trinajstić information content (AvgIpc) is 2.84. The molecule has 1 fully saturated rings. The highest BCUT2D eigenvalue weighted by atomic mass is 35.5. The van der Waals surface area contributed by atoms with Gasteiger partial charge in [-0.05, 0) is 37.0 Å². The van der Waals surface area contributed by atoms with E-state index < -0.39 is 0 Å². The topological polar surface area (TPSA) is 58.6 Å². The molecule has 1 aromatic heterocycles. The molecule has 1 aliphatic carbocycles. The van der Waals surface area contributed by atoms with E-state index in [-0.39, 0.29) is 28.4 Å². The van der Waals surface area contributed by atoms with E-state index in [2.05, 4.69) is 15.4 Å². The second kappa shape index (κ2) is 5.34. The fourth-order valence-electron chi connectivity index (χ4n) is 3.00. The molecule has 2 aromatic rings. The molecule has 0 bridgehead atoms. The monoisotopic (exact) mass is 311 g/mol. The normalized spacial score (nSPS) is 30.6. The van der Waals surface area contributed by atoms with Gasteiger partial charge in [0.05, 0.1) is 0 Å². The maximum absolute atomic E-state index is 12.7. The molecule has 0 amide bonds. The number of rotatable bonds is 2. The lowest BCUT2D eigenvalue weighted by Gasteiger charge is -2.34. The maximum Gasteiger partial charge on any atom is 0.167 e. The molecule has 1 saturated carbocycles. The highest BCUT2D eigenvalue weighted by Crippen LogP contribution is 2.38. The number of hydrogen-bond donors (Lipinski definition) is 1. The summed E-state index contributed by atoms with van der Waals surface area (Å²) < 4.78 is 0. The number of Topliss-reactive ketones (excluding diaryl/α,β-unsaturated/α-hetero) is 1. The van der Waals surface area contributed by atoms with Crippen LogP contribution in [0.25, 0.3) is 11.0 Å². The summed E-state index contributed by atoms with van der Waals surface area (Å²) in [7, 11) is 0. The van der Waals surface area contributed by atoms with Crippen molar-refractivity contribution in [3.63, 3.8) is 0 Å². The summed E-state index contributed by atoms with van der Waals surface area (Å²) in [6.07, 6.45) is 1.50. The number of alkyl halides is 2. The first-order chi connectivity index (χ1) is 9.56. The summed E-state index contributed by atoms with van der Waals surface area (Å²) in [5, 5.41) is 10.4. The van der Waals surface area contributed by atoms with Gasteiger partial charge >= 0.3 is 0 Å². The second-order valence-corrected chi connectivity index (χ2v) is 6.66. The van der Waals surface area contributed by atoms with Crippen LogP contribution in [0.1, 0.15) is 30.1 Å². The molecule has 2 unspecified atom stereocenters. The van der Waals surface area contributed by atoms with Gasteiger partial charge in [0.1, 0.15) is 11.0 Å². The summed E-state index contributed by atoms with van der Waals surface area (Å²) in [6, 6.07) is 5.35. The van der Waals surface area contributed by atoms with E-state index in [9.17, 15) is 4.79 Å². The van der Waals surface area contributed by atoms with Gasteiger partial charge in [0.2, 0.25) is 0 Å². The minimum Gasteiger partial charge on any atom is -0.294 e. The largest absolute Gasteiger partial charge is 0.294 e. The third-order valence-electron chi connectivity index (χ3n) is 4.01. The Hall–Kier alpha value is -1.13. The summed E-state index contributed by atoms with van der Waals surface area (Å²) in [4.78, 5) is 12.7. The van der Waals surface area contributed by atoms with Gasteiger partial charge in [0.25, 0.3) is 0 Å². The van der Waals surface area contributed by atoms with Crippen LogP contribution in [0.4, 0.5) is 0 Å². The zero-order chi connectivity index (χ0) is 14.3. The molecule has 4 nitrogen and oxygen atoms in total. The van der Waals surface area contributed by atoms with Crippen molar-refractivity contribution in [2.45, 2.75) is 30.5 Å². The Kier molecular flexibility index (Phi) is 3.69. The van der Waals surface area contributed by atoms with Crippen molar-refractivity contribution in [1.82, 2.24) is 15.4 Å². The van der Waals surface area contributed by atoms with E-state index in [1.165, 1.54) is 0 Å². The van der Waals surface area contributed by atoms with E-state index in [0.29, 0.717) is 17.5 Å². The van der Waals surface area contributed by atoms with Crippen LogP contribution in [0.15, 0.2) is 18.2 Å². The molecule has 0 aliphatic heterocycles. The molecule has 3 rings (SSSR count). The van der Waals surface area contributed by atoms with Crippen molar-refractivity contribution >= 4 is 40.0 Å². The summed E-state index contributed by atoms with van der Waals surface area (Å²) in [6.45, 7) is 2.04. The van der Waals surface area contributed by atoms with E-state index in [1.807, 2.05) is 6.92 Å². The van der Waals surface area contributed by atoms with E-state index >= 15 is 0 Å². The lowest BCUT2D eigenvalue weighted by atomic mass is 9.76. The van der Waals surface area contributed by atoms with Crippen LogP contribution in [0.3, 0.4) is 0 Å². The number of aromatic amines is 1. The Bertz CT molecular complexity index is 630. The smallest absolute Gasteiger partial charge is 0.167 e. The number of ketones is 1. The van der Waals surface area contributed by atoms with Crippen molar-refractivity contribution in [3.8, 4) is 0 Å². The van der Waals surface area contributed by atoms with Crippen molar-refractivity contribution in [3.05, 3.63) is 23.8 Å². The lowest BCUT2D eigenvalue weighted by molar-refractivity contribution is 0.0845. The summed E-state index contributed by atoms with van der Waals surface area (Å²) in [5.74, 6) is 0.0799. The third kappa shape index (κ3) is 2.42. The van der Waals surface area contributed by atoms with Gasteiger partial charge in [-0.3, -0.25) is 4.79 Å². The highest BCUT2D eigenvalue weighted by Gasteiger charge is 2.38. The van der Waals surface area contributed by atoms with Crippen LogP contribution in [-0.4, -0.2) is 31.9 Å². The van der Waals surface area contributed by atoms with Gasteiger partial charge < -0.3 is 0 Å². The number of carbonyl (C=O) groups is 1. The number of carbonyl (C=O) groups excluding carboxylic acids is 1. The molecule has 0 radical (unpaired) electrons. The predicted octanol–water partition coefficient (Wildman–Crippen LogP) is 3.40. The molecule has 106 valence electrons. The number of nitrogens with one attached hydrogen (secondary N) is 1. The standard InChI is InChI=1S/C14H15Cl2N3O/c1-7-4-9(15)6-10(16)13(7)14(20)8-2-3-11-12(5-8)18-19-17-11/h2-3,5,7,9-10,13H,4,6H2,1H3,(H,17,18,19)/t7-,9?,10?,13+/m1/s1. The Morgan fingerprint density at radius 2 is 2.00 bits per heavy atom. The minimum absolute atomic E-state index is 0.0644. The molecule has 1 aromatic carbocycles. The Morgan fingerprint density at radius 3 is 2.75 bits per heavy atom. The number of fused-ring (bicyclic) bond motifs is 1. The van der Waals surface area contributed by atoms with Crippen LogP contribution in [0.2, 0.25) is 0 Å². The molecule has 1 aliphatic rings. The number of aromatic nitrogens is 3. The zero-order valence-corrected chi connectivity index (χ0v) is 12.5. The van der Waals surface area contributed by atoms with Gasteiger partial charge in [-0.2, -0.15) is 15.4 Å². The number of halogens is 2. The lowest BCUT2D eigenvalue weighted by Crippen LogP contribution is -2.38. The van der Waals surface area contributed by atoms with Gasteiger partial charge in [-0.25, -0.2) is 0 Å². The Balaban J connectivity index is 1.90. The quantitative estimate of drug-likeness (QED) is 0.683. The predicted molar refractivity (Wildman–Crippen MR) is 79.4 cm³/mol. The first-order valence-electron chi connectivity index (χ1n) is 6.69. The van der Waals surface area contributed by atoms with E-state index in [1.54, 1.807) is 18.2 Å². The van der Waals surface area contributed by atoms with Crippen LogP contribution < -0.4 is 0 Å². The SMILES string of the molecule is C[C@@H]1CC(Cl)CC(Cl)[C@H]1C(=O)c1ccc2n[nH]nc2c1. The molecule has 0 saturated heterocycles. The fourth-order valence-corrected chi connectivity index (χ4v) is 4.14. The zero-order valence-electron chi connectivity index (χ0n) is 11.0. The van der Waals surface area contributed by atoms with E-state index in [0.717, 1.165) is 11.9 Å².